The maximum absolute atomic E-state index is 11.6. The molecule has 0 aromatic carbocycles. The summed E-state index contributed by atoms with van der Waals surface area (Å²) in [5, 5.41) is 0. The van der Waals surface area contributed by atoms with E-state index in [0.717, 1.165) is 31.4 Å². The molecule has 0 fully saturated rings. The summed E-state index contributed by atoms with van der Waals surface area (Å²) in [4.78, 5) is 23.2. The highest BCUT2D eigenvalue weighted by molar-refractivity contribution is 5.91. The van der Waals surface area contributed by atoms with E-state index in [-0.39, 0.29) is 6.10 Å². The molecule has 0 rings (SSSR count). The Kier molecular flexibility index (Phi) is 19.1. The summed E-state index contributed by atoms with van der Waals surface area (Å²) in [6.07, 6.45) is 19.7. The molecule has 4 heteroatoms. The number of ether oxygens (including phenoxy) is 2. The van der Waals surface area contributed by atoms with Gasteiger partial charge in [-0.3, -0.25) is 0 Å². The van der Waals surface area contributed by atoms with E-state index in [1.165, 1.54) is 70.6 Å². The van der Waals surface area contributed by atoms with E-state index < -0.39 is 11.9 Å². The van der Waals surface area contributed by atoms with Gasteiger partial charge >= 0.3 is 11.9 Å². The molecule has 0 aliphatic carbocycles. The summed E-state index contributed by atoms with van der Waals surface area (Å²) in [7, 11) is 0. The second-order valence-corrected chi connectivity index (χ2v) is 8.62. The minimum Gasteiger partial charge on any atom is -0.463 e. The Labute approximate surface area is 179 Å². The second-order valence-electron chi connectivity index (χ2n) is 8.62. The molecular formula is C25H46O4. The molecule has 0 aliphatic heterocycles. The van der Waals surface area contributed by atoms with Gasteiger partial charge in [0.05, 0.1) is 12.7 Å². The zero-order chi connectivity index (χ0) is 21.7. The minimum absolute atomic E-state index is 0.144. The first kappa shape index (κ1) is 27.7. The van der Waals surface area contributed by atoms with Crippen molar-refractivity contribution in [3.8, 4) is 0 Å². The van der Waals surface area contributed by atoms with Crippen molar-refractivity contribution in [1.82, 2.24) is 0 Å². The average Bonchev–Trinajstić information content (AvgIpc) is 2.66. The van der Waals surface area contributed by atoms with Gasteiger partial charge in [0, 0.05) is 12.2 Å². The maximum Gasteiger partial charge on any atom is 0.331 e. The van der Waals surface area contributed by atoms with Crippen molar-refractivity contribution < 1.29 is 19.1 Å². The molecule has 170 valence electrons. The quantitative estimate of drug-likeness (QED) is 0.129. The predicted octanol–water partition coefficient (Wildman–Crippen LogP) is 7.15. The molecule has 0 amide bonds. The van der Waals surface area contributed by atoms with Crippen molar-refractivity contribution in [2.45, 2.75) is 124 Å². The summed E-state index contributed by atoms with van der Waals surface area (Å²) in [6, 6.07) is 0. The van der Waals surface area contributed by atoms with Crippen molar-refractivity contribution in [3.63, 3.8) is 0 Å². The molecular weight excluding hydrogens is 364 g/mol. The molecule has 1 atom stereocenters. The van der Waals surface area contributed by atoms with Crippen LogP contribution in [-0.2, 0) is 19.1 Å². The third-order valence-electron chi connectivity index (χ3n) is 4.97. The van der Waals surface area contributed by atoms with Gasteiger partial charge in [-0.1, -0.05) is 97.8 Å². The van der Waals surface area contributed by atoms with E-state index in [0.29, 0.717) is 12.5 Å². The van der Waals surface area contributed by atoms with Crippen molar-refractivity contribution in [3.05, 3.63) is 12.2 Å². The van der Waals surface area contributed by atoms with Crippen LogP contribution in [-0.4, -0.2) is 24.6 Å². The van der Waals surface area contributed by atoms with Crippen LogP contribution in [0.25, 0.3) is 0 Å². The Bertz CT molecular complexity index is 429. The first-order valence-electron chi connectivity index (χ1n) is 12.0. The van der Waals surface area contributed by atoms with E-state index in [4.69, 9.17) is 9.47 Å². The first-order valence-corrected chi connectivity index (χ1v) is 12.0. The monoisotopic (exact) mass is 410 g/mol. The van der Waals surface area contributed by atoms with Crippen molar-refractivity contribution in [1.29, 1.82) is 0 Å². The lowest BCUT2D eigenvalue weighted by molar-refractivity contribution is -0.144. The smallest absolute Gasteiger partial charge is 0.331 e. The Hall–Kier alpha value is -1.32. The summed E-state index contributed by atoms with van der Waals surface area (Å²) in [6.45, 7) is 8.69. The Morgan fingerprint density at radius 3 is 1.62 bits per heavy atom. The summed E-state index contributed by atoms with van der Waals surface area (Å²) in [5.41, 5.74) is 0. The molecule has 0 aliphatic rings. The van der Waals surface area contributed by atoms with Gasteiger partial charge in [-0.2, -0.15) is 0 Å². The van der Waals surface area contributed by atoms with Crippen molar-refractivity contribution in [2.75, 3.05) is 6.61 Å². The number of hydrogen-bond donors (Lipinski definition) is 0. The van der Waals surface area contributed by atoms with Crippen LogP contribution in [0.15, 0.2) is 12.2 Å². The number of carbonyl (C=O) groups excluding carboxylic acids is 2. The van der Waals surface area contributed by atoms with Crippen LogP contribution in [0.2, 0.25) is 0 Å². The van der Waals surface area contributed by atoms with Gasteiger partial charge in [-0.15, -0.1) is 0 Å². The summed E-state index contributed by atoms with van der Waals surface area (Å²) >= 11 is 0. The summed E-state index contributed by atoms with van der Waals surface area (Å²) < 4.78 is 10.3. The second kappa shape index (κ2) is 20.0. The highest BCUT2D eigenvalue weighted by atomic mass is 16.5. The lowest BCUT2D eigenvalue weighted by Gasteiger charge is -2.13. The number of hydrogen-bond acceptors (Lipinski definition) is 4. The van der Waals surface area contributed by atoms with Crippen LogP contribution in [0.3, 0.4) is 0 Å². The Morgan fingerprint density at radius 1 is 0.690 bits per heavy atom. The molecule has 0 radical (unpaired) electrons. The van der Waals surface area contributed by atoms with Crippen molar-refractivity contribution >= 4 is 11.9 Å². The molecule has 0 bridgehead atoms. The lowest BCUT2D eigenvalue weighted by atomic mass is 10.0. The van der Waals surface area contributed by atoms with Gasteiger partial charge in [0.1, 0.15) is 0 Å². The average molecular weight is 411 g/mol. The standard InChI is InChI=1S/C25H46O4/c1-5-6-7-8-9-10-11-12-13-14-15-16-17-20-28-24(26)18-19-25(27)29-23(4)21-22(2)3/h18-19,22-23H,5-17,20-21H2,1-4H3/b19-18+. The normalized spacial score (nSPS) is 12.4. The zero-order valence-electron chi connectivity index (χ0n) is 19.5. The fourth-order valence-corrected chi connectivity index (χ4v) is 3.43. The fraction of sp³-hybridized carbons (Fsp3) is 0.840. The molecule has 0 spiro atoms. The molecule has 0 N–H and O–H groups in total. The molecule has 0 aromatic heterocycles. The van der Waals surface area contributed by atoms with Crippen LogP contribution in [0.5, 0.6) is 0 Å². The molecule has 29 heavy (non-hydrogen) atoms. The van der Waals surface area contributed by atoms with Gasteiger partial charge in [-0.05, 0) is 25.7 Å². The number of unbranched alkanes of at least 4 members (excludes halogenated alkanes) is 12. The fourth-order valence-electron chi connectivity index (χ4n) is 3.43. The van der Waals surface area contributed by atoms with E-state index in [2.05, 4.69) is 20.8 Å². The van der Waals surface area contributed by atoms with Crippen LogP contribution < -0.4 is 0 Å². The van der Waals surface area contributed by atoms with Gasteiger partial charge in [-0.25, -0.2) is 9.59 Å². The SMILES string of the molecule is CCCCCCCCCCCCCCCOC(=O)/C=C/C(=O)OC(C)CC(C)C. The number of esters is 2. The largest absolute Gasteiger partial charge is 0.463 e. The third kappa shape index (κ3) is 21.2. The van der Waals surface area contributed by atoms with Crippen LogP contribution in [0, 0.1) is 5.92 Å². The Balaban J connectivity index is 3.46. The van der Waals surface area contributed by atoms with Crippen LogP contribution in [0.4, 0.5) is 0 Å². The van der Waals surface area contributed by atoms with E-state index in [9.17, 15) is 9.59 Å². The van der Waals surface area contributed by atoms with Gasteiger partial charge < -0.3 is 9.47 Å². The maximum atomic E-state index is 11.6. The van der Waals surface area contributed by atoms with E-state index in [1.54, 1.807) is 0 Å². The van der Waals surface area contributed by atoms with Crippen LogP contribution in [0.1, 0.15) is 118 Å². The molecule has 0 saturated carbocycles. The third-order valence-corrected chi connectivity index (χ3v) is 4.97. The molecule has 0 heterocycles. The molecule has 1 unspecified atom stereocenters. The van der Waals surface area contributed by atoms with Gasteiger partial charge in [0.15, 0.2) is 0 Å². The van der Waals surface area contributed by atoms with Crippen LogP contribution >= 0.6 is 0 Å². The minimum atomic E-state index is -0.490. The van der Waals surface area contributed by atoms with Gasteiger partial charge in [0.2, 0.25) is 0 Å². The molecule has 0 aromatic rings. The topological polar surface area (TPSA) is 52.6 Å². The summed E-state index contributed by atoms with van der Waals surface area (Å²) in [5.74, 6) is -0.500. The van der Waals surface area contributed by atoms with E-state index >= 15 is 0 Å². The molecule has 4 nitrogen and oxygen atoms in total. The number of rotatable bonds is 19. The number of carbonyl (C=O) groups is 2. The predicted molar refractivity (Wildman–Crippen MR) is 121 cm³/mol. The zero-order valence-corrected chi connectivity index (χ0v) is 19.5. The Morgan fingerprint density at radius 2 is 1.14 bits per heavy atom. The first-order chi connectivity index (χ1) is 14.0. The lowest BCUT2D eigenvalue weighted by Crippen LogP contribution is -2.15. The van der Waals surface area contributed by atoms with E-state index in [1.807, 2.05) is 6.92 Å². The van der Waals surface area contributed by atoms with Crippen molar-refractivity contribution in [2.24, 2.45) is 5.92 Å². The highest BCUT2D eigenvalue weighted by Crippen LogP contribution is 2.12. The van der Waals surface area contributed by atoms with Gasteiger partial charge in [0.25, 0.3) is 0 Å². The molecule has 0 saturated heterocycles. The highest BCUT2D eigenvalue weighted by Gasteiger charge is 2.09.